The van der Waals surface area contributed by atoms with E-state index in [0.29, 0.717) is 5.19 Å². The second kappa shape index (κ2) is 9.89. The van der Waals surface area contributed by atoms with E-state index >= 15 is 0 Å². The van der Waals surface area contributed by atoms with Crippen molar-refractivity contribution in [2.45, 2.75) is 51.1 Å². The topological polar surface area (TPSA) is 88.7 Å². The number of aromatic nitrogens is 2. The van der Waals surface area contributed by atoms with Gasteiger partial charge in [-0.25, -0.2) is 4.98 Å². The first kappa shape index (κ1) is 21.9. The van der Waals surface area contributed by atoms with Crippen LogP contribution in [-0.2, 0) is 11.3 Å². The molecule has 2 aliphatic rings. The second-order valence-corrected chi connectivity index (χ2v) is 9.65. The minimum absolute atomic E-state index is 0.250. The first-order chi connectivity index (χ1) is 16.2. The van der Waals surface area contributed by atoms with Crippen LogP contribution in [0.5, 0.6) is 10.9 Å². The van der Waals surface area contributed by atoms with Crippen molar-refractivity contribution >= 4 is 39.1 Å². The van der Waals surface area contributed by atoms with Gasteiger partial charge in [0.15, 0.2) is 5.65 Å². The van der Waals surface area contributed by atoms with Crippen LogP contribution < -0.4 is 4.74 Å². The highest BCUT2D eigenvalue weighted by Crippen LogP contribution is 2.37. The van der Waals surface area contributed by atoms with Crippen molar-refractivity contribution in [3.8, 4) is 10.9 Å². The fraction of sp³-hybridized carbons (Fsp3) is 0.400. The molecule has 33 heavy (non-hydrogen) atoms. The van der Waals surface area contributed by atoms with E-state index in [-0.39, 0.29) is 6.47 Å². The number of carboxylic acid groups (broad SMARTS) is 1. The molecule has 0 spiro atoms. The number of ether oxygens (including phenoxy) is 1. The molecule has 4 aromatic rings. The lowest BCUT2D eigenvalue weighted by Crippen LogP contribution is -2.46. The summed E-state index contributed by atoms with van der Waals surface area (Å²) in [7, 11) is 0. The maximum atomic E-state index is 8.36. The van der Waals surface area contributed by atoms with Gasteiger partial charge in [0.05, 0.1) is 11.0 Å². The quantitative estimate of drug-likeness (QED) is 0.365. The fourth-order valence-electron chi connectivity index (χ4n) is 5.29. The molecular weight excluding hydrogens is 438 g/mol. The highest BCUT2D eigenvalue weighted by atomic mass is 32.1. The first-order valence-corrected chi connectivity index (χ1v) is 12.3. The first-order valence-electron chi connectivity index (χ1n) is 11.5. The van der Waals surface area contributed by atoms with Crippen molar-refractivity contribution < 1.29 is 19.1 Å². The van der Waals surface area contributed by atoms with Crippen LogP contribution in [0.4, 0.5) is 0 Å². The largest absolute Gasteiger partial charge is 0.483 e. The summed E-state index contributed by atoms with van der Waals surface area (Å²) >= 11 is 1.50. The molecule has 0 amide bonds. The van der Waals surface area contributed by atoms with Gasteiger partial charge in [0.25, 0.3) is 11.7 Å². The highest BCUT2D eigenvalue weighted by Gasteiger charge is 2.33. The van der Waals surface area contributed by atoms with E-state index in [1.807, 2.05) is 30.5 Å². The Morgan fingerprint density at radius 3 is 2.94 bits per heavy atom. The van der Waals surface area contributed by atoms with Gasteiger partial charge in [-0.1, -0.05) is 24.2 Å². The van der Waals surface area contributed by atoms with Gasteiger partial charge in [-0.2, -0.15) is 4.98 Å². The summed E-state index contributed by atoms with van der Waals surface area (Å²) in [6, 6.07) is 10.8. The zero-order chi connectivity index (χ0) is 22.6. The summed E-state index contributed by atoms with van der Waals surface area (Å²) in [5, 5.41) is 8.68. The van der Waals surface area contributed by atoms with Gasteiger partial charge in [0, 0.05) is 35.8 Å². The average molecular weight is 466 g/mol. The molecule has 0 bridgehead atoms. The summed E-state index contributed by atoms with van der Waals surface area (Å²) in [5.41, 5.74) is 2.88. The molecular formula is C25H27N3O4S. The van der Waals surface area contributed by atoms with Crippen LogP contribution in [0.2, 0.25) is 0 Å². The smallest absolute Gasteiger partial charge is 0.290 e. The lowest BCUT2D eigenvalue weighted by molar-refractivity contribution is -0.122. The minimum Gasteiger partial charge on any atom is -0.483 e. The summed E-state index contributed by atoms with van der Waals surface area (Å²) in [5.74, 6) is 1.64. The molecule has 1 aliphatic heterocycles. The van der Waals surface area contributed by atoms with Crippen LogP contribution in [-0.4, -0.2) is 39.0 Å². The van der Waals surface area contributed by atoms with Crippen LogP contribution in [0.15, 0.2) is 47.2 Å². The van der Waals surface area contributed by atoms with Gasteiger partial charge < -0.3 is 14.3 Å². The number of thiazole rings is 1. The fourth-order valence-corrected chi connectivity index (χ4v) is 6.08. The second-order valence-electron chi connectivity index (χ2n) is 8.66. The van der Waals surface area contributed by atoms with Crippen LogP contribution >= 0.6 is 11.3 Å². The lowest BCUT2D eigenvalue weighted by Gasteiger charge is -2.44. The van der Waals surface area contributed by atoms with Crippen LogP contribution in [0.1, 0.15) is 44.1 Å². The highest BCUT2D eigenvalue weighted by molar-refractivity contribution is 7.20. The number of benzene rings is 1. The van der Waals surface area contributed by atoms with Crippen molar-refractivity contribution in [3.63, 3.8) is 0 Å². The van der Waals surface area contributed by atoms with Crippen molar-refractivity contribution in [1.29, 1.82) is 0 Å². The number of pyridine rings is 1. The maximum absolute atomic E-state index is 8.36. The molecule has 0 radical (unpaired) electrons. The molecule has 1 aliphatic carbocycles. The number of fused-ring (bicyclic) bond motifs is 3. The Balaban J connectivity index is 0.000000724. The monoisotopic (exact) mass is 465 g/mol. The number of likely N-dealkylation sites (tertiary alicyclic amines) is 1. The number of hydrogen-bond donors (Lipinski definition) is 1. The molecule has 2 atom stereocenters. The molecule has 2 fully saturated rings. The van der Waals surface area contributed by atoms with Gasteiger partial charge in [-0.3, -0.25) is 9.69 Å². The summed E-state index contributed by atoms with van der Waals surface area (Å²) in [6.45, 7) is 1.94. The third-order valence-electron chi connectivity index (χ3n) is 6.71. The molecule has 4 heterocycles. The van der Waals surface area contributed by atoms with Crippen LogP contribution in [0.25, 0.3) is 21.3 Å². The zero-order valence-electron chi connectivity index (χ0n) is 18.4. The van der Waals surface area contributed by atoms with E-state index in [1.165, 1.54) is 67.4 Å². The molecule has 1 saturated carbocycles. The van der Waals surface area contributed by atoms with E-state index in [0.717, 1.165) is 40.2 Å². The Bertz CT molecular complexity index is 1200. The van der Waals surface area contributed by atoms with E-state index in [4.69, 9.17) is 19.1 Å². The van der Waals surface area contributed by atoms with Crippen molar-refractivity contribution in [1.82, 2.24) is 14.9 Å². The van der Waals surface area contributed by atoms with Crippen LogP contribution in [0.3, 0.4) is 0 Å². The van der Waals surface area contributed by atoms with Gasteiger partial charge >= 0.3 is 0 Å². The zero-order valence-corrected chi connectivity index (χ0v) is 19.2. The third kappa shape index (κ3) is 4.72. The van der Waals surface area contributed by atoms with Gasteiger partial charge in [-0.15, -0.1) is 0 Å². The molecule has 172 valence electrons. The van der Waals surface area contributed by atoms with Crippen LogP contribution in [0, 0.1) is 5.92 Å². The van der Waals surface area contributed by atoms with Crippen molar-refractivity contribution in [2.75, 3.05) is 6.54 Å². The number of hydrogen-bond acceptors (Lipinski definition) is 7. The number of furan rings is 1. The number of carbonyl (C=O) groups is 1. The minimum atomic E-state index is -0.250. The lowest BCUT2D eigenvalue weighted by atomic mass is 9.78. The van der Waals surface area contributed by atoms with Gasteiger partial charge in [0.1, 0.15) is 11.3 Å². The average Bonchev–Trinajstić information content (AvgIpc) is 3.43. The van der Waals surface area contributed by atoms with E-state index in [9.17, 15) is 0 Å². The Morgan fingerprint density at radius 1 is 1.21 bits per heavy atom. The van der Waals surface area contributed by atoms with Gasteiger partial charge in [0.2, 0.25) is 0 Å². The summed E-state index contributed by atoms with van der Waals surface area (Å²) in [4.78, 5) is 19.8. The number of nitrogens with zero attached hydrogens (tertiary/aromatic N) is 3. The summed E-state index contributed by atoms with van der Waals surface area (Å²) in [6.07, 6.45) is 12.0. The Morgan fingerprint density at radius 2 is 2.06 bits per heavy atom. The summed E-state index contributed by atoms with van der Waals surface area (Å²) < 4.78 is 13.0. The number of piperidine rings is 1. The number of rotatable bonds is 4. The van der Waals surface area contributed by atoms with E-state index in [2.05, 4.69) is 20.9 Å². The Labute approximate surface area is 196 Å². The molecule has 7 nitrogen and oxygen atoms in total. The third-order valence-corrected chi connectivity index (χ3v) is 7.60. The van der Waals surface area contributed by atoms with E-state index in [1.54, 1.807) is 6.20 Å². The SMILES string of the molecule is O=CO.c1cnc2nc(Oc3ccc4c(CN5CCCC6CCCCC65)coc4c3)sc2c1. The molecule has 1 aromatic carbocycles. The van der Waals surface area contributed by atoms with Crippen molar-refractivity contribution in [2.24, 2.45) is 5.92 Å². The standard InChI is InChI=1S/C24H25N3O2S.CH2O2/c1-2-7-20-16(5-1)6-4-12-27(20)14-17-15-28-21-13-18(9-10-19(17)21)29-24-26-23-22(30-24)8-3-11-25-23;2-1-3/h3,8-11,13,15-16,20H,1-2,4-7,12,14H2;1H,(H,2,3). The van der Waals surface area contributed by atoms with Crippen molar-refractivity contribution in [3.05, 3.63) is 48.4 Å². The molecule has 1 N–H and O–H groups in total. The molecule has 8 heteroatoms. The molecule has 1 saturated heterocycles. The Hall–Kier alpha value is -2.97. The predicted octanol–water partition coefficient (Wildman–Crippen LogP) is 6.09. The van der Waals surface area contributed by atoms with E-state index < -0.39 is 0 Å². The molecule has 3 aromatic heterocycles. The molecule has 6 rings (SSSR count). The Kier molecular flexibility index (Phi) is 6.55. The predicted molar refractivity (Wildman–Crippen MR) is 128 cm³/mol. The normalized spacial score (nSPS) is 20.7. The maximum Gasteiger partial charge on any atom is 0.290 e. The van der Waals surface area contributed by atoms with Gasteiger partial charge in [-0.05, 0) is 62.4 Å². The molecule has 2 unspecified atom stereocenters.